The van der Waals surface area contributed by atoms with Crippen molar-refractivity contribution in [3.05, 3.63) is 0 Å². The SMILES string of the molecule is CCNC(CCO)CS(=O)C(C)CC. The van der Waals surface area contributed by atoms with Gasteiger partial charge in [0, 0.05) is 34.5 Å². The average Bonchev–Trinajstić information content (AvgIpc) is 2.17. The molecule has 0 spiro atoms. The van der Waals surface area contributed by atoms with Gasteiger partial charge in [-0.15, -0.1) is 0 Å². The first-order valence-corrected chi connectivity index (χ1v) is 6.75. The summed E-state index contributed by atoms with van der Waals surface area (Å²) in [6, 6.07) is 0.194. The number of nitrogens with one attached hydrogen (secondary N) is 1. The largest absolute Gasteiger partial charge is 0.396 e. The van der Waals surface area contributed by atoms with E-state index in [0.29, 0.717) is 12.2 Å². The molecule has 3 atom stereocenters. The van der Waals surface area contributed by atoms with E-state index >= 15 is 0 Å². The van der Waals surface area contributed by atoms with Gasteiger partial charge in [-0.3, -0.25) is 4.21 Å². The second-order valence-corrected chi connectivity index (χ2v) is 5.43. The Morgan fingerprint density at radius 1 is 1.43 bits per heavy atom. The Balaban J connectivity index is 3.94. The Morgan fingerprint density at radius 3 is 2.50 bits per heavy atom. The third kappa shape index (κ3) is 5.73. The van der Waals surface area contributed by atoms with E-state index in [1.165, 1.54) is 0 Å². The minimum Gasteiger partial charge on any atom is -0.396 e. The van der Waals surface area contributed by atoms with Crippen LogP contribution in [0.2, 0.25) is 0 Å². The summed E-state index contributed by atoms with van der Waals surface area (Å²) in [5.41, 5.74) is 0. The van der Waals surface area contributed by atoms with Crippen LogP contribution in [0.25, 0.3) is 0 Å². The second-order valence-electron chi connectivity index (χ2n) is 3.53. The van der Waals surface area contributed by atoms with Gasteiger partial charge in [-0.05, 0) is 19.4 Å². The molecular formula is C10H23NO2S. The fourth-order valence-electron chi connectivity index (χ4n) is 1.24. The third-order valence-electron chi connectivity index (χ3n) is 2.36. The van der Waals surface area contributed by atoms with E-state index < -0.39 is 10.8 Å². The zero-order valence-electron chi connectivity index (χ0n) is 9.45. The smallest absolute Gasteiger partial charge is 0.0446 e. The van der Waals surface area contributed by atoms with Gasteiger partial charge >= 0.3 is 0 Å². The Hall–Kier alpha value is 0.0700. The monoisotopic (exact) mass is 221 g/mol. The summed E-state index contributed by atoms with van der Waals surface area (Å²) in [7, 11) is -0.771. The lowest BCUT2D eigenvalue weighted by Crippen LogP contribution is -2.36. The summed E-state index contributed by atoms with van der Waals surface area (Å²) in [6.45, 7) is 7.11. The molecular weight excluding hydrogens is 198 g/mol. The lowest BCUT2D eigenvalue weighted by atomic mass is 10.2. The Morgan fingerprint density at radius 2 is 2.07 bits per heavy atom. The zero-order chi connectivity index (χ0) is 11.0. The molecule has 0 aromatic rings. The number of rotatable bonds is 8. The minimum atomic E-state index is -0.771. The molecule has 0 aliphatic carbocycles. The summed E-state index contributed by atoms with van der Waals surface area (Å²) in [6.07, 6.45) is 1.64. The van der Waals surface area contributed by atoms with E-state index in [4.69, 9.17) is 5.11 Å². The number of hydrogen-bond donors (Lipinski definition) is 2. The first-order valence-electron chi connectivity index (χ1n) is 5.37. The average molecular weight is 221 g/mol. The van der Waals surface area contributed by atoms with Crippen LogP contribution in [0, 0.1) is 0 Å². The van der Waals surface area contributed by atoms with E-state index in [2.05, 4.69) is 12.2 Å². The predicted octanol–water partition coefficient (Wildman–Crippen LogP) is 0.894. The lowest BCUT2D eigenvalue weighted by Gasteiger charge is -2.18. The van der Waals surface area contributed by atoms with Gasteiger partial charge in [0.05, 0.1) is 0 Å². The summed E-state index contributed by atoms with van der Waals surface area (Å²) < 4.78 is 11.7. The highest BCUT2D eigenvalue weighted by Crippen LogP contribution is 2.04. The molecule has 0 rings (SSSR count). The quantitative estimate of drug-likeness (QED) is 0.640. The number of aliphatic hydroxyl groups is 1. The zero-order valence-corrected chi connectivity index (χ0v) is 10.3. The van der Waals surface area contributed by atoms with Crippen molar-refractivity contribution in [1.29, 1.82) is 0 Å². The molecule has 3 nitrogen and oxygen atoms in total. The summed E-state index contributed by atoms with van der Waals surface area (Å²) >= 11 is 0. The van der Waals surface area contributed by atoms with Gasteiger partial charge in [0.15, 0.2) is 0 Å². The molecule has 3 unspecified atom stereocenters. The van der Waals surface area contributed by atoms with Gasteiger partial charge in [0.25, 0.3) is 0 Å². The van der Waals surface area contributed by atoms with E-state index in [9.17, 15) is 4.21 Å². The highest BCUT2D eigenvalue weighted by Gasteiger charge is 2.14. The summed E-state index contributed by atoms with van der Waals surface area (Å²) in [5.74, 6) is 0.656. The molecule has 0 saturated carbocycles. The summed E-state index contributed by atoms with van der Waals surface area (Å²) in [5, 5.41) is 12.3. The Bertz CT molecular complexity index is 158. The van der Waals surface area contributed by atoms with Gasteiger partial charge in [-0.1, -0.05) is 20.8 Å². The molecule has 86 valence electrons. The molecule has 0 aliphatic rings. The molecule has 0 aliphatic heterocycles. The Kier molecular flexibility index (Phi) is 8.43. The van der Waals surface area contributed by atoms with Crippen molar-refractivity contribution in [2.24, 2.45) is 0 Å². The molecule has 0 fully saturated rings. The van der Waals surface area contributed by atoms with E-state index in [0.717, 1.165) is 13.0 Å². The number of aliphatic hydroxyl groups excluding tert-OH is 1. The standard InChI is InChI=1S/C10H23NO2S/c1-4-9(3)14(13)8-10(6-7-12)11-5-2/h9-12H,4-8H2,1-3H3. The fourth-order valence-corrected chi connectivity index (χ4v) is 2.62. The van der Waals surface area contributed by atoms with Gasteiger partial charge in [-0.2, -0.15) is 0 Å². The fraction of sp³-hybridized carbons (Fsp3) is 1.00. The van der Waals surface area contributed by atoms with Crippen molar-refractivity contribution >= 4 is 10.8 Å². The van der Waals surface area contributed by atoms with E-state index in [1.54, 1.807) is 0 Å². The first kappa shape index (κ1) is 14.1. The van der Waals surface area contributed by atoms with Gasteiger partial charge in [-0.25, -0.2) is 0 Å². The molecule has 4 heteroatoms. The molecule has 0 saturated heterocycles. The van der Waals surface area contributed by atoms with Crippen LogP contribution in [0.15, 0.2) is 0 Å². The maximum atomic E-state index is 11.7. The Labute approximate surface area is 89.7 Å². The van der Waals surface area contributed by atoms with Crippen LogP contribution in [0.4, 0.5) is 0 Å². The molecule has 0 amide bonds. The summed E-state index contributed by atoms with van der Waals surface area (Å²) in [4.78, 5) is 0. The highest BCUT2D eigenvalue weighted by atomic mass is 32.2. The third-order valence-corrected chi connectivity index (χ3v) is 4.32. The van der Waals surface area contributed by atoms with Crippen LogP contribution in [0.5, 0.6) is 0 Å². The maximum absolute atomic E-state index is 11.7. The van der Waals surface area contributed by atoms with Crippen LogP contribution >= 0.6 is 0 Å². The second kappa shape index (κ2) is 8.38. The molecule has 0 bridgehead atoms. The molecule has 2 N–H and O–H groups in total. The van der Waals surface area contributed by atoms with Crippen LogP contribution in [0.1, 0.15) is 33.6 Å². The first-order chi connectivity index (χ1) is 6.65. The molecule has 0 heterocycles. The van der Waals surface area contributed by atoms with Crippen molar-refractivity contribution < 1.29 is 9.32 Å². The van der Waals surface area contributed by atoms with Gasteiger partial charge < -0.3 is 10.4 Å². The van der Waals surface area contributed by atoms with Crippen molar-refractivity contribution in [3.63, 3.8) is 0 Å². The van der Waals surface area contributed by atoms with Gasteiger partial charge in [0.2, 0.25) is 0 Å². The van der Waals surface area contributed by atoms with Crippen molar-refractivity contribution in [2.45, 2.75) is 44.9 Å². The van der Waals surface area contributed by atoms with Crippen LogP contribution in [0.3, 0.4) is 0 Å². The van der Waals surface area contributed by atoms with Crippen LogP contribution in [-0.2, 0) is 10.8 Å². The molecule has 0 aromatic heterocycles. The van der Waals surface area contributed by atoms with E-state index in [-0.39, 0.29) is 17.9 Å². The normalized spacial score (nSPS) is 17.7. The molecule has 0 radical (unpaired) electrons. The number of hydrogen-bond acceptors (Lipinski definition) is 3. The predicted molar refractivity (Wildman–Crippen MR) is 61.9 cm³/mol. The van der Waals surface area contributed by atoms with Crippen LogP contribution in [-0.4, -0.2) is 39.5 Å². The highest BCUT2D eigenvalue weighted by molar-refractivity contribution is 7.85. The van der Waals surface area contributed by atoms with Crippen LogP contribution < -0.4 is 5.32 Å². The van der Waals surface area contributed by atoms with Crippen molar-refractivity contribution in [1.82, 2.24) is 5.32 Å². The minimum absolute atomic E-state index is 0.162. The molecule has 14 heavy (non-hydrogen) atoms. The van der Waals surface area contributed by atoms with Crippen molar-refractivity contribution in [3.8, 4) is 0 Å². The van der Waals surface area contributed by atoms with E-state index in [1.807, 2.05) is 13.8 Å². The maximum Gasteiger partial charge on any atom is 0.0446 e. The van der Waals surface area contributed by atoms with Crippen molar-refractivity contribution in [2.75, 3.05) is 18.9 Å². The lowest BCUT2D eigenvalue weighted by molar-refractivity contribution is 0.270. The molecule has 0 aromatic carbocycles. The topological polar surface area (TPSA) is 49.3 Å². The van der Waals surface area contributed by atoms with Gasteiger partial charge in [0.1, 0.15) is 0 Å².